The zero-order valence-electron chi connectivity index (χ0n) is 15.5. The minimum atomic E-state index is -4.70. The number of carbonyl (C=O) groups excluding carboxylic acids is 1. The topological polar surface area (TPSA) is 117 Å². The third-order valence-corrected chi connectivity index (χ3v) is 3.90. The second-order valence-corrected chi connectivity index (χ2v) is 6.26. The molecule has 4 aromatic heterocycles. The molecule has 1 amide bonds. The monoisotopic (exact) mass is 418 g/mol. The summed E-state index contributed by atoms with van der Waals surface area (Å²) in [7, 11) is 1.63. The van der Waals surface area contributed by atoms with Gasteiger partial charge in [0.1, 0.15) is 5.76 Å². The molecule has 0 saturated heterocycles. The number of aryl methyl sites for hydroxylation is 2. The lowest BCUT2D eigenvalue weighted by molar-refractivity contribution is -0.141. The lowest BCUT2D eigenvalue weighted by atomic mass is 10.2. The summed E-state index contributed by atoms with van der Waals surface area (Å²) >= 11 is 0. The molecule has 0 spiro atoms. The van der Waals surface area contributed by atoms with Crippen LogP contribution >= 0.6 is 0 Å². The second kappa shape index (κ2) is 7.09. The largest absolute Gasteiger partial charge is 0.433 e. The van der Waals surface area contributed by atoms with E-state index in [0.717, 1.165) is 10.7 Å². The van der Waals surface area contributed by atoms with Crippen LogP contribution < -0.4 is 5.32 Å². The molecule has 1 N–H and O–H groups in total. The predicted octanol–water partition coefficient (Wildman–Crippen LogP) is 2.63. The summed E-state index contributed by atoms with van der Waals surface area (Å²) < 4.78 is 47.3. The molecular formula is C17H13F3N8O2. The highest BCUT2D eigenvalue weighted by Crippen LogP contribution is 2.30. The molecular weight excluding hydrogens is 405 g/mol. The first-order chi connectivity index (χ1) is 14.2. The molecule has 10 nitrogen and oxygen atoms in total. The Morgan fingerprint density at radius 3 is 2.67 bits per heavy atom. The SMILES string of the molecule is Cc1cc(NC(=O)c2ccn(-c3nc(-c4cnn(C)c4)cc(C(F)(F)F)n3)n2)no1. The van der Waals surface area contributed by atoms with Gasteiger partial charge in [-0.05, 0) is 19.1 Å². The number of anilines is 1. The Kier molecular flexibility index (Phi) is 4.56. The Labute approximate surface area is 166 Å². The first-order valence-corrected chi connectivity index (χ1v) is 8.45. The second-order valence-electron chi connectivity index (χ2n) is 6.26. The van der Waals surface area contributed by atoms with Crippen molar-refractivity contribution in [2.45, 2.75) is 13.1 Å². The van der Waals surface area contributed by atoms with Gasteiger partial charge in [-0.25, -0.2) is 14.6 Å². The van der Waals surface area contributed by atoms with E-state index < -0.39 is 17.8 Å². The van der Waals surface area contributed by atoms with Crippen molar-refractivity contribution in [2.75, 3.05) is 5.32 Å². The zero-order chi connectivity index (χ0) is 21.5. The van der Waals surface area contributed by atoms with Gasteiger partial charge in [-0.3, -0.25) is 9.48 Å². The van der Waals surface area contributed by atoms with E-state index >= 15 is 0 Å². The molecule has 0 aromatic carbocycles. The Hall–Kier alpha value is -4.03. The zero-order valence-corrected chi connectivity index (χ0v) is 15.5. The molecule has 0 aliphatic rings. The van der Waals surface area contributed by atoms with Crippen molar-refractivity contribution in [1.29, 1.82) is 0 Å². The quantitative estimate of drug-likeness (QED) is 0.541. The third-order valence-electron chi connectivity index (χ3n) is 3.90. The highest BCUT2D eigenvalue weighted by molar-refractivity contribution is 6.02. The maximum atomic E-state index is 13.3. The molecule has 0 atom stereocenters. The Morgan fingerprint density at radius 1 is 1.23 bits per heavy atom. The van der Waals surface area contributed by atoms with Gasteiger partial charge < -0.3 is 9.84 Å². The normalized spacial score (nSPS) is 11.6. The number of hydrogen-bond acceptors (Lipinski definition) is 7. The summed E-state index contributed by atoms with van der Waals surface area (Å²) in [5.41, 5.74) is -0.830. The summed E-state index contributed by atoms with van der Waals surface area (Å²) in [6.45, 7) is 1.65. The third kappa shape index (κ3) is 3.90. The number of aromatic nitrogens is 7. The van der Waals surface area contributed by atoms with Gasteiger partial charge in [0.05, 0.1) is 11.9 Å². The highest BCUT2D eigenvalue weighted by atomic mass is 19.4. The van der Waals surface area contributed by atoms with Gasteiger partial charge in [-0.2, -0.15) is 23.4 Å². The molecule has 0 bridgehead atoms. The Morgan fingerprint density at radius 2 is 2.03 bits per heavy atom. The van der Waals surface area contributed by atoms with E-state index in [0.29, 0.717) is 11.3 Å². The van der Waals surface area contributed by atoms with Crippen LogP contribution in [0, 0.1) is 6.92 Å². The summed E-state index contributed by atoms with van der Waals surface area (Å²) in [6, 6.07) is 3.64. The van der Waals surface area contributed by atoms with Crippen LogP contribution in [0.4, 0.5) is 19.0 Å². The molecule has 154 valence electrons. The van der Waals surface area contributed by atoms with E-state index in [1.807, 2.05) is 0 Å². The first-order valence-electron chi connectivity index (χ1n) is 8.45. The first kappa shape index (κ1) is 19.3. The molecule has 0 saturated carbocycles. The fraction of sp³-hybridized carbons (Fsp3) is 0.176. The van der Waals surface area contributed by atoms with E-state index in [1.165, 1.54) is 35.4 Å². The highest BCUT2D eigenvalue weighted by Gasteiger charge is 2.34. The number of amides is 1. The Bertz CT molecular complexity index is 1220. The van der Waals surface area contributed by atoms with Crippen LogP contribution in [0.25, 0.3) is 17.2 Å². The van der Waals surface area contributed by atoms with E-state index in [1.54, 1.807) is 14.0 Å². The van der Waals surface area contributed by atoms with Crippen molar-refractivity contribution in [3.05, 3.63) is 53.9 Å². The van der Waals surface area contributed by atoms with Crippen LogP contribution in [0.2, 0.25) is 0 Å². The molecule has 0 fully saturated rings. The lowest BCUT2D eigenvalue weighted by Crippen LogP contribution is -2.15. The van der Waals surface area contributed by atoms with Crippen molar-refractivity contribution >= 4 is 11.7 Å². The average Bonchev–Trinajstić information content (AvgIpc) is 3.42. The van der Waals surface area contributed by atoms with E-state index in [4.69, 9.17) is 4.52 Å². The van der Waals surface area contributed by atoms with Crippen LogP contribution in [0.15, 0.2) is 41.3 Å². The molecule has 13 heteroatoms. The minimum absolute atomic E-state index is 0.0139. The van der Waals surface area contributed by atoms with Gasteiger partial charge in [-0.15, -0.1) is 0 Å². The summed E-state index contributed by atoms with van der Waals surface area (Å²) in [6.07, 6.45) is -0.513. The fourth-order valence-corrected chi connectivity index (χ4v) is 2.55. The van der Waals surface area contributed by atoms with Gasteiger partial charge >= 0.3 is 6.18 Å². The van der Waals surface area contributed by atoms with Gasteiger partial charge in [0.25, 0.3) is 11.9 Å². The number of nitrogens with one attached hydrogen (secondary N) is 1. The summed E-state index contributed by atoms with van der Waals surface area (Å²) in [4.78, 5) is 20.0. The minimum Gasteiger partial charge on any atom is -0.360 e. The maximum absolute atomic E-state index is 13.3. The molecule has 0 aliphatic heterocycles. The number of rotatable bonds is 4. The number of halogens is 3. The number of carbonyl (C=O) groups is 1. The Balaban J connectivity index is 1.69. The van der Waals surface area contributed by atoms with E-state index in [-0.39, 0.29) is 23.2 Å². The van der Waals surface area contributed by atoms with Gasteiger partial charge in [0.15, 0.2) is 17.2 Å². The molecule has 4 rings (SSSR count). The molecule has 4 aromatic rings. The number of nitrogens with zero attached hydrogens (tertiary/aromatic N) is 7. The maximum Gasteiger partial charge on any atom is 0.433 e. The van der Waals surface area contributed by atoms with Gasteiger partial charge in [0.2, 0.25) is 0 Å². The van der Waals surface area contributed by atoms with E-state index in [9.17, 15) is 18.0 Å². The van der Waals surface area contributed by atoms with Crippen molar-refractivity contribution < 1.29 is 22.5 Å². The van der Waals surface area contributed by atoms with Crippen molar-refractivity contribution in [1.82, 2.24) is 34.7 Å². The fourth-order valence-electron chi connectivity index (χ4n) is 2.55. The van der Waals surface area contributed by atoms with Gasteiger partial charge in [0, 0.05) is 31.1 Å². The van der Waals surface area contributed by atoms with Crippen molar-refractivity contribution in [3.63, 3.8) is 0 Å². The van der Waals surface area contributed by atoms with Crippen LogP contribution in [0.1, 0.15) is 21.9 Å². The smallest absolute Gasteiger partial charge is 0.360 e. The van der Waals surface area contributed by atoms with Crippen LogP contribution in [-0.4, -0.2) is 40.6 Å². The lowest BCUT2D eigenvalue weighted by Gasteiger charge is -2.09. The molecule has 30 heavy (non-hydrogen) atoms. The van der Waals surface area contributed by atoms with E-state index in [2.05, 4.69) is 30.6 Å². The molecule has 0 aliphatic carbocycles. The molecule has 0 unspecified atom stereocenters. The van der Waals surface area contributed by atoms with Crippen LogP contribution in [0.3, 0.4) is 0 Å². The van der Waals surface area contributed by atoms with Gasteiger partial charge in [-0.1, -0.05) is 5.16 Å². The molecule has 0 radical (unpaired) electrons. The summed E-state index contributed by atoms with van der Waals surface area (Å²) in [5.74, 6) is -0.293. The predicted molar refractivity (Wildman–Crippen MR) is 95.6 cm³/mol. The number of hydrogen-bond donors (Lipinski definition) is 1. The van der Waals surface area contributed by atoms with Crippen molar-refractivity contribution in [2.24, 2.45) is 7.05 Å². The van der Waals surface area contributed by atoms with Crippen LogP contribution in [0.5, 0.6) is 0 Å². The van der Waals surface area contributed by atoms with Crippen LogP contribution in [-0.2, 0) is 13.2 Å². The van der Waals surface area contributed by atoms with Crippen molar-refractivity contribution in [3.8, 4) is 17.2 Å². The standard InChI is InChI=1S/C17H13F3N8O2/c1-9-5-14(26-30-9)24-15(29)11-3-4-28(25-11)16-22-12(10-7-21-27(2)8-10)6-13(23-16)17(18,19)20/h3-8H,1-2H3,(H,24,26,29). The summed E-state index contributed by atoms with van der Waals surface area (Å²) in [5, 5.41) is 14.0. The average molecular weight is 418 g/mol. The number of alkyl halides is 3. The molecule has 4 heterocycles.